The van der Waals surface area contributed by atoms with E-state index in [0.717, 1.165) is 0 Å². The van der Waals surface area contributed by atoms with Crippen LogP contribution in [0.5, 0.6) is 0 Å². The van der Waals surface area contributed by atoms with E-state index in [9.17, 15) is 0 Å². The Hall–Kier alpha value is -1.56. The van der Waals surface area contributed by atoms with Crippen molar-refractivity contribution in [1.82, 2.24) is 0 Å². The first kappa shape index (κ1) is 18.8. The maximum Gasteiger partial charge on any atom is -0.0175 e. The molecule has 0 aliphatic carbocycles. The molecule has 0 nitrogen and oxygen atoms in total. The molecule has 0 radical (unpaired) electrons. The van der Waals surface area contributed by atoms with E-state index in [1.165, 1.54) is 92.5 Å². The van der Waals surface area contributed by atoms with Crippen LogP contribution in [0.3, 0.4) is 0 Å². The summed E-state index contributed by atoms with van der Waals surface area (Å²) >= 11 is 0. The quantitative estimate of drug-likeness (QED) is 0.348. The number of aryl methyl sites for hydroxylation is 1. The van der Waals surface area contributed by atoms with Crippen molar-refractivity contribution in [2.45, 2.75) is 77.6 Å². The van der Waals surface area contributed by atoms with Crippen molar-refractivity contribution in [3.05, 3.63) is 54.1 Å². The molecule has 0 N–H and O–H groups in total. The van der Waals surface area contributed by atoms with E-state index in [4.69, 9.17) is 0 Å². The van der Waals surface area contributed by atoms with Gasteiger partial charge in [-0.3, -0.25) is 0 Å². The minimum Gasteiger partial charge on any atom is -0.0985 e. The SMILES string of the molecule is C=Cc1ccc2ccc(CCCCCCCCCCCC)cc2c1. The Labute approximate surface area is 149 Å². The van der Waals surface area contributed by atoms with Crippen molar-refractivity contribution < 1.29 is 0 Å². The predicted octanol–water partition coefficient (Wildman–Crippen LogP) is 7.95. The zero-order valence-electron chi connectivity index (χ0n) is 15.5. The fourth-order valence-electron chi connectivity index (χ4n) is 3.41. The molecule has 0 atom stereocenters. The third-order valence-electron chi connectivity index (χ3n) is 4.98. The Bertz CT molecular complexity index is 608. The second kappa shape index (κ2) is 11.1. The molecule has 0 amide bonds. The summed E-state index contributed by atoms with van der Waals surface area (Å²) in [5.41, 5.74) is 2.68. The van der Waals surface area contributed by atoms with Gasteiger partial charge in [-0.15, -0.1) is 0 Å². The van der Waals surface area contributed by atoms with Crippen LogP contribution in [-0.2, 0) is 6.42 Å². The highest BCUT2D eigenvalue weighted by Gasteiger charge is 1.99. The fourth-order valence-corrected chi connectivity index (χ4v) is 3.41. The highest BCUT2D eigenvalue weighted by atomic mass is 14.0. The molecule has 2 aromatic carbocycles. The first-order chi connectivity index (χ1) is 11.8. The van der Waals surface area contributed by atoms with Crippen LogP contribution in [0.1, 0.15) is 82.3 Å². The van der Waals surface area contributed by atoms with E-state index in [0.29, 0.717) is 0 Å². The topological polar surface area (TPSA) is 0 Å². The zero-order valence-corrected chi connectivity index (χ0v) is 15.5. The van der Waals surface area contributed by atoms with E-state index in [-0.39, 0.29) is 0 Å². The Morgan fingerprint density at radius 1 is 0.708 bits per heavy atom. The molecule has 0 fully saturated rings. The number of fused-ring (bicyclic) bond motifs is 1. The fraction of sp³-hybridized carbons (Fsp3) is 0.500. The molecule has 2 aromatic rings. The third kappa shape index (κ3) is 6.51. The average molecular weight is 323 g/mol. The molecule has 0 saturated heterocycles. The molecule has 0 spiro atoms. The van der Waals surface area contributed by atoms with Crippen LogP contribution in [0.4, 0.5) is 0 Å². The van der Waals surface area contributed by atoms with Crippen LogP contribution in [0.15, 0.2) is 43.0 Å². The summed E-state index contributed by atoms with van der Waals surface area (Å²) in [5, 5.41) is 2.67. The molecule has 2 rings (SSSR count). The van der Waals surface area contributed by atoms with Crippen molar-refractivity contribution in [3.63, 3.8) is 0 Å². The normalized spacial score (nSPS) is 11.0. The number of unbranched alkanes of at least 4 members (excludes halogenated alkanes) is 9. The number of rotatable bonds is 12. The second-order valence-corrected chi connectivity index (χ2v) is 7.08. The maximum absolute atomic E-state index is 3.87. The number of hydrogen-bond donors (Lipinski definition) is 0. The van der Waals surface area contributed by atoms with Gasteiger partial charge in [-0.1, -0.05) is 108 Å². The van der Waals surface area contributed by atoms with Crippen LogP contribution in [-0.4, -0.2) is 0 Å². The third-order valence-corrected chi connectivity index (χ3v) is 4.98. The first-order valence-corrected chi connectivity index (χ1v) is 9.98. The Morgan fingerprint density at radius 2 is 1.33 bits per heavy atom. The molecule has 0 aromatic heterocycles. The molecule has 0 heterocycles. The van der Waals surface area contributed by atoms with Crippen molar-refractivity contribution in [3.8, 4) is 0 Å². The lowest BCUT2D eigenvalue weighted by Crippen LogP contribution is -1.87. The minimum absolute atomic E-state index is 1.21. The van der Waals surface area contributed by atoms with E-state index < -0.39 is 0 Å². The van der Waals surface area contributed by atoms with Gasteiger partial charge in [-0.2, -0.15) is 0 Å². The molecular formula is C24H34. The highest BCUT2D eigenvalue weighted by molar-refractivity contribution is 5.85. The van der Waals surface area contributed by atoms with E-state index in [1.54, 1.807) is 0 Å². The molecule has 0 aliphatic heterocycles. The standard InChI is InChI=1S/C24H34/c1-3-5-6-7-8-9-10-11-12-13-14-22-16-18-23-17-15-21(4-2)19-24(23)20-22/h4,15-20H,2-3,5-14H2,1H3. The van der Waals surface area contributed by atoms with E-state index in [2.05, 4.69) is 49.9 Å². The molecule has 0 aliphatic rings. The van der Waals surface area contributed by atoms with Gasteiger partial charge >= 0.3 is 0 Å². The summed E-state index contributed by atoms with van der Waals surface area (Å²) in [5.74, 6) is 0. The zero-order chi connectivity index (χ0) is 17.0. The number of benzene rings is 2. The largest absolute Gasteiger partial charge is 0.0985 e. The van der Waals surface area contributed by atoms with Gasteiger partial charge < -0.3 is 0 Å². The van der Waals surface area contributed by atoms with Gasteiger partial charge in [0.15, 0.2) is 0 Å². The Morgan fingerprint density at radius 3 is 2.00 bits per heavy atom. The van der Waals surface area contributed by atoms with Crippen molar-refractivity contribution in [2.24, 2.45) is 0 Å². The molecule has 0 unspecified atom stereocenters. The Balaban J connectivity index is 1.64. The van der Waals surface area contributed by atoms with Crippen LogP contribution in [0, 0.1) is 0 Å². The van der Waals surface area contributed by atoms with Crippen LogP contribution in [0.25, 0.3) is 16.8 Å². The van der Waals surface area contributed by atoms with Crippen molar-refractivity contribution in [2.75, 3.05) is 0 Å². The molecule has 0 bridgehead atoms. The second-order valence-electron chi connectivity index (χ2n) is 7.08. The lowest BCUT2D eigenvalue weighted by atomic mass is 10.00. The summed E-state index contributed by atoms with van der Waals surface area (Å²) < 4.78 is 0. The van der Waals surface area contributed by atoms with Gasteiger partial charge in [-0.05, 0) is 40.8 Å². The molecule has 0 heteroatoms. The summed E-state index contributed by atoms with van der Waals surface area (Å²) in [6.07, 6.45) is 17.2. The van der Waals surface area contributed by atoms with Gasteiger partial charge in [0.2, 0.25) is 0 Å². The van der Waals surface area contributed by atoms with E-state index >= 15 is 0 Å². The van der Waals surface area contributed by atoms with Gasteiger partial charge in [-0.25, -0.2) is 0 Å². The van der Waals surface area contributed by atoms with Crippen LogP contribution >= 0.6 is 0 Å². The summed E-state index contributed by atoms with van der Waals surface area (Å²) in [6.45, 7) is 6.15. The van der Waals surface area contributed by atoms with Gasteiger partial charge in [0.25, 0.3) is 0 Å². The highest BCUT2D eigenvalue weighted by Crippen LogP contribution is 2.20. The van der Waals surface area contributed by atoms with Crippen LogP contribution in [0.2, 0.25) is 0 Å². The van der Waals surface area contributed by atoms with Gasteiger partial charge in [0.1, 0.15) is 0 Å². The van der Waals surface area contributed by atoms with Gasteiger partial charge in [0.05, 0.1) is 0 Å². The van der Waals surface area contributed by atoms with Crippen molar-refractivity contribution in [1.29, 1.82) is 0 Å². The lowest BCUT2D eigenvalue weighted by Gasteiger charge is -2.06. The Kier molecular flexibility index (Phi) is 8.66. The minimum atomic E-state index is 1.21. The molecule has 0 saturated carbocycles. The predicted molar refractivity (Wildman–Crippen MR) is 110 cm³/mol. The summed E-state index contributed by atoms with van der Waals surface area (Å²) in [6, 6.07) is 13.5. The van der Waals surface area contributed by atoms with Gasteiger partial charge in [0, 0.05) is 0 Å². The molecular weight excluding hydrogens is 288 g/mol. The number of hydrogen-bond acceptors (Lipinski definition) is 0. The monoisotopic (exact) mass is 322 g/mol. The van der Waals surface area contributed by atoms with Crippen molar-refractivity contribution >= 4 is 16.8 Å². The first-order valence-electron chi connectivity index (χ1n) is 9.98. The molecule has 24 heavy (non-hydrogen) atoms. The maximum atomic E-state index is 3.87. The lowest BCUT2D eigenvalue weighted by molar-refractivity contribution is 0.556. The van der Waals surface area contributed by atoms with E-state index in [1.807, 2.05) is 6.08 Å². The summed E-state index contributed by atoms with van der Waals surface area (Å²) in [7, 11) is 0. The van der Waals surface area contributed by atoms with Crippen LogP contribution < -0.4 is 0 Å². The average Bonchev–Trinajstić information content (AvgIpc) is 2.62. The molecule has 130 valence electrons. The summed E-state index contributed by atoms with van der Waals surface area (Å²) in [4.78, 5) is 0. The smallest absolute Gasteiger partial charge is 0.0175 e.